The van der Waals surface area contributed by atoms with Crippen molar-refractivity contribution in [2.24, 2.45) is 0 Å². The topological polar surface area (TPSA) is 39.2 Å². The number of hydrogen-bond donors (Lipinski definition) is 0. The van der Waals surface area contributed by atoms with Crippen molar-refractivity contribution < 1.29 is 22.7 Å². The molecule has 0 spiro atoms. The third-order valence-electron chi connectivity index (χ3n) is 2.50. The number of nitrogens with zero attached hydrogens (tertiary/aromatic N) is 1. The molecule has 1 aromatic heterocycles. The second-order valence-corrected chi connectivity index (χ2v) is 4.03. The van der Waals surface area contributed by atoms with E-state index in [1.54, 1.807) is 24.5 Å². The van der Waals surface area contributed by atoms with Crippen LogP contribution in [-0.2, 0) is 6.42 Å². The molecular formula is C14H10F3NO2. The van der Waals surface area contributed by atoms with E-state index in [9.17, 15) is 18.0 Å². The maximum absolute atomic E-state index is 12.0. The van der Waals surface area contributed by atoms with Crippen LogP contribution in [0.1, 0.15) is 15.9 Å². The summed E-state index contributed by atoms with van der Waals surface area (Å²) in [7, 11) is 0. The Bertz CT molecular complexity index is 580. The lowest BCUT2D eigenvalue weighted by Crippen LogP contribution is -2.17. The van der Waals surface area contributed by atoms with Crippen molar-refractivity contribution in [3.05, 3.63) is 59.9 Å². The second kappa shape index (κ2) is 5.73. The number of alkyl halides is 3. The van der Waals surface area contributed by atoms with E-state index in [2.05, 4.69) is 9.72 Å². The van der Waals surface area contributed by atoms with E-state index < -0.39 is 6.36 Å². The monoisotopic (exact) mass is 281 g/mol. The molecule has 20 heavy (non-hydrogen) atoms. The summed E-state index contributed by atoms with van der Waals surface area (Å²) in [5.41, 5.74) is 1.07. The van der Waals surface area contributed by atoms with E-state index in [-0.39, 0.29) is 18.0 Å². The molecule has 0 atom stereocenters. The molecule has 0 fully saturated rings. The van der Waals surface area contributed by atoms with E-state index in [0.717, 1.165) is 17.7 Å². The minimum absolute atomic E-state index is 0.146. The van der Waals surface area contributed by atoms with Crippen LogP contribution in [0.15, 0.2) is 48.8 Å². The molecule has 2 rings (SSSR count). The molecule has 0 radical (unpaired) electrons. The zero-order valence-corrected chi connectivity index (χ0v) is 10.2. The number of carbonyl (C=O) groups is 1. The molecule has 0 saturated carbocycles. The standard InChI is InChI=1S/C14H10F3NO2/c15-14(16,17)20-12-5-3-11(4-6-12)13(19)8-10-2-1-7-18-9-10/h1-7,9H,8H2. The van der Waals surface area contributed by atoms with Crippen molar-refractivity contribution in [2.75, 3.05) is 0 Å². The summed E-state index contributed by atoms with van der Waals surface area (Å²) in [6, 6.07) is 8.31. The molecule has 0 aliphatic carbocycles. The average molecular weight is 281 g/mol. The predicted octanol–water partition coefficient (Wildman–Crippen LogP) is 3.41. The normalized spacial score (nSPS) is 11.2. The van der Waals surface area contributed by atoms with Gasteiger partial charge in [-0.1, -0.05) is 6.07 Å². The van der Waals surface area contributed by atoms with Gasteiger partial charge in [0, 0.05) is 24.4 Å². The van der Waals surface area contributed by atoms with Crippen LogP contribution in [0, 0.1) is 0 Å². The van der Waals surface area contributed by atoms with Crippen molar-refractivity contribution in [3.63, 3.8) is 0 Å². The number of carbonyl (C=O) groups excluding carboxylic acids is 1. The number of benzene rings is 1. The maximum Gasteiger partial charge on any atom is 0.573 e. The number of Topliss-reactive ketones (excluding diaryl/α,β-unsaturated/α-hetero) is 1. The van der Waals surface area contributed by atoms with Crippen molar-refractivity contribution in [1.29, 1.82) is 0 Å². The van der Waals surface area contributed by atoms with Gasteiger partial charge in [-0.2, -0.15) is 0 Å². The van der Waals surface area contributed by atoms with Crippen molar-refractivity contribution >= 4 is 5.78 Å². The molecule has 0 bridgehead atoms. The van der Waals surface area contributed by atoms with Crippen LogP contribution in [0.2, 0.25) is 0 Å². The number of pyridine rings is 1. The summed E-state index contributed by atoms with van der Waals surface area (Å²) < 4.78 is 39.7. The van der Waals surface area contributed by atoms with E-state index in [1.165, 1.54) is 12.1 Å². The lowest BCUT2D eigenvalue weighted by Gasteiger charge is -2.09. The molecule has 1 heterocycles. The highest BCUT2D eigenvalue weighted by molar-refractivity contribution is 5.97. The van der Waals surface area contributed by atoms with Crippen molar-refractivity contribution in [3.8, 4) is 5.75 Å². The van der Waals surface area contributed by atoms with Crippen LogP contribution < -0.4 is 4.74 Å². The molecule has 2 aromatic rings. The number of aromatic nitrogens is 1. The van der Waals surface area contributed by atoms with Crippen LogP contribution >= 0.6 is 0 Å². The number of ether oxygens (including phenoxy) is 1. The third-order valence-corrected chi connectivity index (χ3v) is 2.50. The van der Waals surface area contributed by atoms with Gasteiger partial charge in [-0.25, -0.2) is 0 Å². The Morgan fingerprint density at radius 3 is 2.40 bits per heavy atom. The Hall–Kier alpha value is -2.37. The van der Waals surface area contributed by atoms with Gasteiger partial charge in [0.2, 0.25) is 0 Å². The lowest BCUT2D eigenvalue weighted by molar-refractivity contribution is -0.274. The van der Waals surface area contributed by atoms with E-state index in [4.69, 9.17) is 0 Å². The highest BCUT2D eigenvalue weighted by atomic mass is 19.4. The van der Waals surface area contributed by atoms with Crippen LogP contribution in [0.25, 0.3) is 0 Å². The van der Waals surface area contributed by atoms with Gasteiger partial charge in [-0.05, 0) is 35.9 Å². The fraction of sp³-hybridized carbons (Fsp3) is 0.143. The van der Waals surface area contributed by atoms with Gasteiger partial charge in [-0.15, -0.1) is 13.2 Å². The van der Waals surface area contributed by atoms with Gasteiger partial charge < -0.3 is 4.74 Å². The summed E-state index contributed by atoms with van der Waals surface area (Å²) in [6.45, 7) is 0. The van der Waals surface area contributed by atoms with Crippen LogP contribution in [0.3, 0.4) is 0 Å². The van der Waals surface area contributed by atoms with Crippen LogP contribution in [0.4, 0.5) is 13.2 Å². The molecule has 0 N–H and O–H groups in total. The van der Waals surface area contributed by atoms with E-state index >= 15 is 0 Å². The molecule has 0 unspecified atom stereocenters. The second-order valence-electron chi connectivity index (χ2n) is 4.03. The summed E-state index contributed by atoms with van der Waals surface area (Å²) in [4.78, 5) is 15.8. The van der Waals surface area contributed by atoms with Crippen molar-refractivity contribution in [2.45, 2.75) is 12.8 Å². The van der Waals surface area contributed by atoms with E-state index in [1.807, 2.05) is 0 Å². The lowest BCUT2D eigenvalue weighted by atomic mass is 10.0. The fourth-order valence-corrected chi connectivity index (χ4v) is 1.63. The first-order valence-electron chi connectivity index (χ1n) is 5.72. The number of halogens is 3. The third kappa shape index (κ3) is 4.08. The maximum atomic E-state index is 12.0. The molecule has 0 aliphatic rings. The Labute approximate surface area is 113 Å². The van der Waals surface area contributed by atoms with E-state index in [0.29, 0.717) is 5.56 Å². The van der Waals surface area contributed by atoms with Gasteiger partial charge in [0.05, 0.1) is 0 Å². The molecule has 0 amide bonds. The smallest absolute Gasteiger partial charge is 0.406 e. The zero-order chi connectivity index (χ0) is 14.6. The fourth-order valence-electron chi connectivity index (χ4n) is 1.63. The summed E-state index contributed by atoms with van der Waals surface area (Å²) in [5.74, 6) is -0.549. The molecule has 6 heteroatoms. The largest absolute Gasteiger partial charge is 0.573 e. The first-order chi connectivity index (χ1) is 9.44. The quantitative estimate of drug-likeness (QED) is 0.806. The van der Waals surface area contributed by atoms with Gasteiger partial charge in [0.1, 0.15) is 5.75 Å². The Kier molecular flexibility index (Phi) is 4.02. The van der Waals surface area contributed by atoms with Gasteiger partial charge in [0.25, 0.3) is 0 Å². The van der Waals surface area contributed by atoms with Gasteiger partial charge in [-0.3, -0.25) is 9.78 Å². The molecule has 1 aromatic carbocycles. The molecular weight excluding hydrogens is 271 g/mol. The molecule has 104 valence electrons. The molecule has 0 aliphatic heterocycles. The van der Waals surface area contributed by atoms with Crippen LogP contribution in [0.5, 0.6) is 5.75 Å². The average Bonchev–Trinajstić information content (AvgIpc) is 2.39. The molecule has 3 nitrogen and oxygen atoms in total. The number of hydrogen-bond acceptors (Lipinski definition) is 3. The van der Waals surface area contributed by atoms with Gasteiger partial charge >= 0.3 is 6.36 Å². The highest BCUT2D eigenvalue weighted by Crippen LogP contribution is 2.23. The zero-order valence-electron chi connectivity index (χ0n) is 10.2. The molecule has 0 saturated heterocycles. The SMILES string of the molecule is O=C(Cc1cccnc1)c1ccc(OC(F)(F)F)cc1. The highest BCUT2D eigenvalue weighted by Gasteiger charge is 2.31. The Morgan fingerprint density at radius 1 is 1.15 bits per heavy atom. The van der Waals surface area contributed by atoms with Gasteiger partial charge in [0.15, 0.2) is 5.78 Å². The first kappa shape index (κ1) is 14.0. The summed E-state index contributed by atoms with van der Waals surface area (Å²) in [6.07, 6.45) is -1.43. The van der Waals surface area contributed by atoms with Crippen LogP contribution in [-0.4, -0.2) is 17.1 Å². The minimum Gasteiger partial charge on any atom is -0.406 e. The number of ketones is 1. The minimum atomic E-state index is -4.73. The number of rotatable bonds is 4. The predicted molar refractivity (Wildman–Crippen MR) is 65.4 cm³/mol. The summed E-state index contributed by atoms with van der Waals surface area (Å²) in [5, 5.41) is 0. The Morgan fingerprint density at radius 2 is 1.85 bits per heavy atom. The first-order valence-corrected chi connectivity index (χ1v) is 5.72. The Balaban J connectivity index is 2.04. The van der Waals surface area contributed by atoms with Crippen molar-refractivity contribution in [1.82, 2.24) is 4.98 Å². The summed E-state index contributed by atoms with van der Waals surface area (Å²) >= 11 is 0.